The molecule has 2 aromatic rings. The summed E-state index contributed by atoms with van der Waals surface area (Å²) < 4.78 is 7.56. The van der Waals surface area contributed by atoms with E-state index in [0.717, 1.165) is 20.2 Å². The quantitative estimate of drug-likeness (QED) is 0.432. The summed E-state index contributed by atoms with van der Waals surface area (Å²) in [5.74, 6) is 6.45. The van der Waals surface area contributed by atoms with Gasteiger partial charge in [0.15, 0.2) is 5.75 Å². The third-order valence-corrected chi connectivity index (χ3v) is 4.50. The summed E-state index contributed by atoms with van der Waals surface area (Å²) in [6.07, 6.45) is -0.308. The minimum absolute atomic E-state index is 0.308. The van der Waals surface area contributed by atoms with Crippen LogP contribution in [0, 0.1) is 0 Å². The summed E-state index contributed by atoms with van der Waals surface area (Å²) in [5.41, 5.74) is 4.62. The molecule has 1 atom stereocenters. The standard InChI is InChI=1S/C14H11Br2N3OS/c15-8-6-10-12(11(16)7-8)20-14(21)19(13(10)18-17)9-4-2-1-3-5-9/h1-7,13,18H,17H2. The van der Waals surface area contributed by atoms with E-state index in [2.05, 4.69) is 37.3 Å². The van der Waals surface area contributed by atoms with Gasteiger partial charge in [-0.15, -0.1) is 0 Å². The fourth-order valence-electron chi connectivity index (χ4n) is 2.28. The Kier molecular flexibility index (Phi) is 4.28. The summed E-state index contributed by atoms with van der Waals surface area (Å²) >= 11 is 12.4. The smallest absolute Gasteiger partial charge is 0.271 e. The Labute approximate surface area is 144 Å². The Hall–Kier alpha value is -0.990. The number of thiocarbonyl (C=S) groups is 1. The highest BCUT2D eigenvalue weighted by Crippen LogP contribution is 2.42. The maximum absolute atomic E-state index is 5.81. The van der Waals surface area contributed by atoms with Crippen LogP contribution in [0.15, 0.2) is 51.4 Å². The highest BCUT2D eigenvalue weighted by Gasteiger charge is 2.34. The Morgan fingerprint density at radius 2 is 1.90 bits per heavy atom. The fourth-order valence-corrected chi connectivity index (χ4v) is 3.91. The largest absolute Gasteiger partial charge is 0.430 e. The van der Waals surface area contributed by atoms with Gasteiger partial charge in [0, 0.05) is 15.7 Å². The van der Waals surface area contributed by atoms with Gasteiger partial charge < -0.3 is 4.74 Å². The van der Waals surface area contributed by atoms with Gasteiger partial charge >= 0.3 is 0 Å². The lowest BCUT2D eigenvalue weighted by Gasteiger charge is -2.38. The highest BCUT2D eigenvalue weighted by atomic mass is 79.9. The second-order valence-corrected chi connectivity index (χ2v) is 6.57. The molecule has 3 N–H and O–H groups in total. The second kappa shape index (κ2) is 6.02. The van der Waals surface area contributed by atoms with E-state index in [0.29, 0.717) is 10.9 Å². The molecule has 1 unspecified atom stereocenters. The molecule has 1 heterocycles. The minimum Gasteiger partial charge on any atom is -0.430 e. The van der Waals surface area contributed by atoms with Gasteiger partial charge in [-0.2, -0.15) is 0 Å². The number of nitrogens with zero attached hydrogens (tertiary/aromatic N) is 1. The molecule has 0 bridgehead atoms. The van der Waals surface area contributed by atoms with E-state index in [1.54, 1.807) is 0 Å². The van der Waals surface area contributed by atoms with Gasteiger partial charge in [-0.1, -0.05) is 34.1 Å². The van der Waals surface area contributed by atoms with Crippen LogP contribution in [0.1, 0.15) is 11.7 Å². The van der Waals surface area contributed by atoms with Crippen molar-refractivity contribution in [2.45, 2.75) is 6.17 Å². The van der Waals surface area contributed by atoms with E-state index in [9.17, 15) is 0 Å². The van der Waals surface area contributed by atoms with Gasteiger partial charge in [-0.25, -0.2) is 5.43 Å². The summed E-state index contributed by atoms with van der Waals surface area (Å²) in [6.45, 7) is 0. The number of fused-ring (bicyclic) bond motifs is 1. The number of rotatable bonds is 2. The Morgan fingerprint density at radius 3 is 2.57 bits per heavy atom. The number of nitrogens with one attached hydrogen (secondary N) is 1. The van der Waals surface area contributed by atoms with Crippen LogP contribution in [0.2, 0.25) is 0 Å². The Bertz CT molecular complexity index is 696. The molecule has 0 radical (unpaired) electrons. The summed E-state index contributed by atoms with van der Waals surface area (Å²) in [7, 11) is 0. The van der Waals surface area contributed by atoms with Crippen LogP contribution in [0.25, 0.3) is 0 Å². The monoisotopic (exact) mass is 427 g/mol. The van der Waals surface area contributed by atoms with Crippen LogP contribution >= 0.6 is 44.1 Å². The van der Waals surface area contributed by atoms with E-state index in [-0.39, 0.29) is 6.17 Å². The number of ether oxygens (including phenoxy) is 1. The number of anilines is 1. The molecule has 0 aliphatic carbocycles. The van der Waals surface area contributed by atoms with Crippen LogP contribution in [0.5, 0.6) is 5.75 Å². The number of hydrazine groups is 1. The van der Waals surface area contributed by atoms with Crippen molar-refractivity contribution in [1.82, 2.24) is 5.43 Å². The summed E-state index contributed by atoms with van der Waals surface area (Å²) in [4.78, 5) is 1.84. The Morgan fingerprint density at radius 1 is 1.19 bits per heavy atom. The maximum atomic E-state index is 5.81. The topological polar surface area (TPSA) is 50.5 Å². The van der Waals surface area contributed by atoms with E-state index in [4.69, 9.17) is 22.8 Å². The predicted octanol–water partition coefficient (Wildman–Crippen LogP) is 3.86. The zero-order chi connectivity index (χ0) is 15.0. The minimum atomic E-state index is -0.308. The maximum Gasteiger partial charge on any atom is 0.271 e. The molecule has 108 valence electrons. The van der Waals surface area contributed by atoms with E-state index < -0.39 is 0 Å². The molecule has 0 saturated heterocycles. The fraction of sp³-hybridized carbons (Fsp3) is 0.0714. The van der Waals surface area contributed by atoms with Gasteiger partial charge in [-0.3, -0.25) is 10.7 Å². The predicted molar refractivity (Wildman–Crippen MR) is 94.1 cm³/mol. The van der Waals surface area contributed by atoms with Crippen LogP contribution in [0.3, 0.4) is 0 Å². The van der Waals surface area contributed by atoms with E-state index in [1.807, 2.05) is 47.4 Å². The lowest BCUT2D eigenvalue weighted by Crippen LogP contribution is -2.49. The van der Waals surface area contributed by atoms with Crippen LogP contribution in [-0.2, 0) is 0 Å². The lowest BCUT2D eigenvalue weighted by atomic mass is 10.1. The van der Waals surface area contributed by atoms with Crippen molar-refractivity contribution in [3.8, 4) is 5.75 Å². The highest BCUT2D eigenvalue weighted by molar-refractivity contribution is 9.11. The molecule has 1 aliphatic heterocycles. The molecule has 0 aromatic heterocycles. The third-order valence-electron chi connectivity index (χ3n) is 3.17. The first-order valence-electron chi connectivity index (χ1n) is 6.13. The Balaban J connectivity index is 2.14. The number of hydrogen-bond acceptors (Lipinski definition) is 4. The molecule has 0 spiro atoms. The zero-order valence-electron chi connectivity index (χ0n) is 10.7. The van der Waals surface area contributed by atoms with E-state index in [1.165, 1.54) is 0 Å². The first-order valence-corrected chi connectivity index (χ1v) is 8.12. The molecule has 2 aromatic carbocycles. The first-order chi connectivity index (χ1) is 10.1. The number of benzene rings is 2. The molecule has 7 heteroatoms. The van der Waals surface area contributed by atoms with Crippen molar-refractivity contribution in [2.75, 3.05) is 4.90 Å². The van der Waals surface area contributed by atoms with Crippen molar-refractivity contribution in [3.05, 3.63) is 57.0 Å². The van der Waals surface area contributed by atoms with Crippen LogP contribution < -0.4 is 20.9 Å². The molecule has 21 heavy (non-hydrogen) atoms. The molecule has 0 fully saturated rings. The number of para-hydroxylation sites is 1. The van der Waals surface area contributed by atoms with Gasteiger partial charge in [0.1, 0.15) is 6.17 Å². The van der Waals surface area contributed by atoms with Crippen molar-refractivity contribution in [1.29, 1.82) is 0 Å². The summed E-state index contributed by atoms with van der Waals surface area (Å²) in [5, 5.41) is 0.347. The second-order valence-electron chi connectivity index (χ2n) is 4.45. The van der Waals surface area contributed by atoms with Crippen molar-refractivity contribution in [3.63, 3.8) is 0 Å². The van der Waals surface area contributed by atoms with E-state index >= 15 is 0 Å². The molecular weight excluding hydrogens is 418 g/mol. The third kappa shape index (κ3) is 2.72. The van der Waals surface area contributed by atoms with Crippen molar-refractivity contribution in [2.24, 2.45) is 5.84 Å². The van der Waals surface area contributed by atoms with Gasteiger partial charge in [0.05, 0.1) is 4.47 Å². The van der Waals surface area contributed by atoms with Gasteiger partial charge in [0.2, 0.25) is 0 Å². The van der Waals surface area contributed by atoms with Crippen molar-refractivity contribution >= 4 is 54.9 Å². The number of nitrogens with two attached hydrogens (primary N) is 1. The lowest BCUT2D eigenvalue weighted by molar-refractivity contribution is 0.446. The number of hydrogen-bond donors (Lipinski definition) is 2. The van der Waals surface area contributed by atoms with Crippen LogP contribution in [-0.4, -0.2) is 5.17 Å². The normalized spacial score (nSPS) is 17.4. The molecular formula is C14H11Br2N3OS. The average Bonchev–Trinajstić information content (AvgIpc) is 2.48. The molecule has 0 saturated carbocycles. The molecule has 0 amide bonds. The molecule has 4 nitrogen and oxygen atoms in total. The zero-order valence-corrected chi connectivity index (χ0v) is 14.7. The number of halogens is 2. The van der Waals surface area contributed by atoms with Gasteiger partial charge in [0.25, 0.3) is 5.17 Å². The van der Waals surface area contributed by atoms with Crippen molar-refractivity contribution < 1.29 is 4.74 Å². The molecule has 3 rings (SSSR count). The molecule has 1 aliphatic rings. The van der Waals surface area contributed by atoms with Crippen LogP contribution in [0.4, 0.5) is 5.69 Å². The average molecular weight is 429 g/mol. The SMILES string of the molecule is NNC1c2cc(Br)cc(Br)c2OC(=S)N1c1ccccc1. The van der Waals surface area contributed by atoms with Gasteiger partial charge in [-0.05, 0) is 52.4 Å². The first kappa shape index (κ1) is 14.9. The summed E-state index contributed by atoms with van der Waals surface area (Å²) in [6, 6.07) is 13.6.